The number of nitriles is 1. The predicted octanol–water partition coefficient (Wildman–Crippen LogP) is 3.32. The summed E-state index contributed by atoms with van der Waals surface area (Å²) in [5.74, 6) is 1.54. The first kappa shape index (κ1) is 19.5. The number of aromatic nitrogens is 3. The fourth-order valence-corrected chi connectivity index (χ4v) is 3.70. The van der Waals surface area contributed by atoms with Crippen molar-refractivity contribution in [3.8, 4) is 11.8 Å². The van der Waals surface area contributed by atoms with Crippen LogP contribution in [0.4, 0.5) is 11.5 Å². The zero-order valence-corrected chi connectivity index (χ0v) is 16.6. The fourth-order valence-electron chi connectivity index (χ4n) is 3.70. The number of rotatable bonds is 5. The summed E-state index contributed by atoms with van der Waals surface area (Å²) < 4.78 is 5.14. The van der Waals surface area contributed by atoms with E-state index in [1.807, 2.05) is 6.07 Å². The maximum absolute atomic E-state index is 12.7. The molecule has 1 unspecified atom stereocenters. The molecular formula is C22H22N6O2. The number of benzene rings is 1. The van der Waals surface area contributed by atoms with Gasteiger partial charge in [-0.25, -0.2) is 4.98 Å². The minimum atomic E-state index is -0.193. The van der Waals surface area contributed by atoms with Crippen molar-refractivity contribution in [2.75, 3.05) is 30.4 Å². The molecule has 1 aliphatic rings. The van der Waals surface area contributed by atoms with Gasteiger partial charge in [0.2, 0.25) is 0 Å². The normalized spacial score (nSPS) is 16.0. The number of ether oxygens (including phenoxy) is 1. The maximum Gasteiger partial charge on any atom is 0.255 e. The molecule has 4 rings (SSSR count). The summed E-state index contributed by atoms with van der Waals surface area (Å²) in [5.41, 5.74) is 2.70. The van der Waals surface area contributed by atoms with E-state index in [-0.39, 0.29) is 11.8 Å². The van der Waals surface area contributed by atoms with Crippen LogP contribution in [0, 0.1) is 11.3 Å². The average molecular weight is 402 g/mol. The summed E-state index contributed by atoms with van der Waals surface area (Å²) in [5, 5.41) is 19.2. The van der Waals surface area contributed by atoms with E-state index in [0.717, 1.165) is 37.4 Å². The van der Waals surface area contributed by atoms with Gasteiger partial charge in [-0.2, -0.15) is 10.4 Å². The van der Waals surface area contributed by atoms with Gasteiger partial charge in [0, 0.05) is 30.8 Å². The largest absolute Gasteiger partial charge is 0.497 e. The molecule has 1 atom stereocenters. The first-order valence-corrected chi connectivity index (χ1v) is 9.77. The van der Waals surface area contributed by atoms with Gasteiger partial charge in [-0.05, 0) is 49.2 Å². The Morgan fingerprint density at radius 2 is 2.10 bits per heavy atom. The van der Waals surface area contributed by atoms with Gasteiger partial charge in [0.1, 0.15) is 17.6 Å². The molecule has 1 amide bonds. The molecule has 0 radical (unpaired) electrons. The number of anilines is 2. The van der Waals surface area contributed by atoms with Gasteiger partial charge < -0.3 is 15.0 Å². The Morgan fingerprint density at radius 1 is 1.27 bits per heavy atom. The third-order valence-electron chi connectivity index (χ3n) is 5.30. The minimum Gasteiger partial charge on any atom is -0.497 e. The Hall–Kier alpha value is -3.86. The fraction of sp³-hybridized carbons (Fsp3) is 0.273. The molecule has 3 heterocycles. The summed E-state index contributed by atoms with van der Waals surface area (Å²) in [7, 11) is 1.59. The number of amides is 1. The van der Waals surface area contributed by atoms with Crippen LogP contribution >= 0.6 is 0 Å². The molecule has 1 saturated heterocycles. The van der Waals surface area contributed by atoms with Gasteiger partial charge in [0.05, 0.1) is 30.3 Å². The highest BCUT2D eigenvalue weighted by molar-refractivity contribution is 6.04. The van der Waals surface area contributed by atoms with Gasteiger partial charge in [0.25, 0.3) is 5.91 Å². The molecule has 8 heteroatoms. The Labute approximate surface area is 174 Å². The third-order valence-corrected chi connectivity index (χ3v) is 5.30. The van der Waals surface area contributed by atoms with E-state index in [1.165, 1.54) is 0 Å². The van der Waals surface area contributed by atoms with Crippen LogP contribution in [0.15, 0.2) is 48.8 Å². The van der Waals surface area contributed by atoms with Crippen LogP contribution in [0.2, 0.25) is 0 Å². The molecule has 2 N–H and O–H groups in total. The highest BCUT2D eigenvalue weighted by atomic mass is 16.5. The van der Waals surface area contributed by atoms with Gasteiger partial charge in [-0.1, -0.05) is 0 Å². The van der Waals surface area contributed by atoms with Crippen molar-refractivity contribution in [2.45, 2.75) is 18.8 Å². The zero-order valence-electron chi connectivity index (χ0n) is 16.6. The molecule has 3 aromatic rings. The van der Waals surface area contributed by atoms with Crippen LogP contribution < -0.4 is 15.0 Å². The molecule has 2 aromatic heterocycles. The molecule has 0 spiro atoms. The lowest BCUT2D eigenvalue weighted by Gasteiger charge is -2.33. The monoisotopic (exact) mass is 402 g/mol. The van der Waals surface area contributed by atoms with Crippen molar-refractivity contribution in [3.05, 3.63) is 65.6 Å². The first-order valence-electron chi connectivity index (χ1n) is 9.77. The number of methoxy groups -OCH3 is 1. The van der Waals surface area contributed by atoms with Crippen molar-refractivity contribution in [2.24, 2.45) is 0 Å². The Kier molecular flexibility index (Phi) is 5.61. The molecule has 8 nitrogen and oxygen atoms in total. The summed E-state index contributed by atoms with van der Waals surface area (Å²) >= 11 is 0. The second kappa shape index (κ2) is 8.66. The van der Waals surface area contributed by atoms with Crippen LogP contribution in [-0.4, -0.2) is 41.3 Å². The quantitative estimate of drug-likeness (QED) is 0.678. The number of nitrogens with zero attached hydrogens (tertiary/aromatic N) is 4. The third kappa shape index (κ3) is 4.10. The molecule has 1 aliphatic heterocycles. The molecular weight excluding hydrogens is 380 g/mol. The van der Waals surface area contributed by atoms with E-state index < -0.39 is 0 Å². The summed E-state index contributed by atoms with van der Waals surface area (Å²) in [6, 6.07) is 12.7. The predicted molar refractivity (Wildman–Crippen MR) is 113 cm³/mol. The van der Waals surface area contributed by atoms with E-state index in [1.54, 1.807) is 49.8 Å². The molecule has 0 aliphatic carbocycles. The lowest BCUT2D eigenvalue weighted by atomic mass is 9.94. The highest BCUT2D eigenvalue weighted by Gasteiger charge is 2.26. The number of H-pyrrole nitrogens is 1. The average Bonchev–Trinajstić information content (AvgIpc) is 3.27. The van der Waals surface area contributed by atoms with E-state index in [4.69, 9.17) is 10.00 Å². The molecule has 152 valence electrons. The second-order valence-electron chi connectivity index (χ2n) is 7.18. The number of pyridine rings is 1. The smallest absolute Gasteiger partial charge is 0.255 e. The standard InChI is InChI=1S/C22H22N6O2/c1-30-18-7-5-16(6-8-18)22(29)26-19-13-25-27-21(19)17-3-2-10-28(14-17)20-9-4-15(11-23)12-24-20/h4-9,12-13,17H,2-3,10,14H2,1H3,(H,25,27)(H,26,29). The molecule has 0 saturated carbocycles. The van der Waals surface area contributed by atoms with Crippen LogP contribution in [0.25, 0.3) is 0 Å². The van der Waals surface area contributed by atoms with E-state index in [2.05, 4.69) is 31.5 Å². The Bertz CT molecular complexity index is 1050. The van der Waals surface area contributed by atoms with E-state index in [0.29, 0.717) is 22.6 Å². The number of nitrogens with one attached hydrogen (secondary N) is 2. The molecule has 0 bridgehead atoms. The lowest BCUT2D eigenvalue weighted by molar-refractivity contribution is 0.102. The Balaban J connectivity index is 1.47. The van der Waals surface area contributed by atoms with Gasteiger partial charge in [-0.15, -0.1) is 0 Å². The van der Waals surface area contributed by atoms with Crippen molar-refractivity contribution in [1.29, 1.82) is 5.26 Å². The number of carbonyl (C=O) groups excluding carboxylic acids is 1. The summed E-state index contributed by atoms with van der Waals surface area (Å²) in [6.07, 6.45) is 5.23. The van der Waals surface area contributed by atoms with Crippen molar-refractivity contribution >= 4 is 17.4 Å². The van der Waals surface area contributed by atoms with Gasteiger partial charge in [-0.3, -0.25) is 9.89 Å². The number of hydrogen-bond donors (Lipinski definition) is 2. The topological polar surface area (TPSA) is 107 Å². The highest BCUT2D eigenvalue weighted by Crippen LogP contribution is 2.32. The number of aromatic amines is 1. The summed E-state index contributed by atoms with van der Waals surface area (Å²) in [6.45, 7) is 1.66. The van der Waals surface area contributed by atoms with Gasteiger partial charge >= 0.3 is 0 Å². The van der Waals surface area contributed by atoms with Crippen molar-refractivity contribution < 1.29 is 9.53 Å². The number of carbonyl (C=O) groups is 1. The number of piperidine rings is 1. The van der Waals surface area contributed by atoms with Crippen LogP contribution in [0.5, 0.6) is 5.75 Å². The molecule has 30 heavy (non-hydrogen) atoms. The van der Waals surface area contributed by atoms with Crippen LogP contribution in [0.3, 0.4) is 0 Å². The molecule has 1 fully saturated rings. The first-order chi connectivity index (χ1) is 14.7. The van der Waals surface area contributed by atoms with Crippen molar-refractivity contribution in [1.82, 2.24) is 15.2 Å². The van der Waals surface area contributed by atoms with Gasteiger partial charge in [0.15, 0.2) is 0 Å². The zero-order chi connectivity index (χ0) is 20.9. The Morgan fingerprint density at radius 3 is 2.80 bits per heavy atom. The summed E-state index contributed by atoms with van der Waals surface area (Å²) in [4.78, 5) is 19.3. The lowest BCUT2D eigenvalue weighted by Crippen LogP contribution is -2.35. The maximum atomic E-state index is 12.7. The molecule has 1 aromatic carbocycles. The van der Waals surface area contributed by atoms with E-state index in [9.17, 15) is 4.79 Å². The van der Waals surface area contributed by atoms with Crippen molar-refractivity contribution in [3.63, 3.8) is 0 Å². The minimum absolute atomic E-state index is 0.185. The van der Waals surface area contributed by atoms with Crippen LogP contribution in [-0.2, 0) is 0 Å². The number of hydrogen-bond acceptors (Lipinski definition) is 6. The SMILES string of the molecule is COc1ccc(C(=O)Nc2cn[nH]c2C2CCCN(c3ccc(C#N)cn3)C2)cc1. The second-order valence-corrected chi connectivity index (χ2v) is 7.18. The van der Waals surface area contributed by atoms with E-state index >= 15 is 0 Å². The van der Waals surface area contributed by atoms with Crippen LogP contribution in [0.1, 0.15) is 40.4 Å².